The van der Waals surface area contributed by atoms with E-state index in [0.29, 0.717) is 30.0 Å². The van der Waals surface area contributed by atoms with Crippen LogP contribution >= 0.6 is 11.3 Å². The van der Waals surface area contributed by atoms with E-state index in [1.807, 2.05) is 24.3 Å². The molecule has 1 amide bonds. The minimum atomic E-state index is -0.271. The van der Waals surface area contributed by atoms with Crippen LogP contribution in [0.1, 0.15) is 123 Å². The van der Waals surface area contributed by atoms with Crippen LogP contribution in [0.15, 0.2) is 53.4 Å². The van der Waals surface area contributed by atoms with Crippen LogP contribution in [0.3, 0.4) is 0 Å². The summed E-state index contributed by atoms with van der Waals surface area (Å²) in [7, 11) is 0. The lowest BCUT2D eigenvalue weighted by Crippen LogP contribution is -3.00. The van der Waals surface area contributed by atoms with E-state index in [2.05, 4.69) is 34.6 Å². The van der Waals surface area contributed by atoms with Crippen LogP contribution in [0.4, 0.5) is 5.69 Å². The van der Waals surface area contributed by atoms with Crippen molar-refractivity contribution in [1.29, 1.82) is 0 Å². The summed E-state index contributed by atoms with van der Waals surface area (Å²) in [4.78, 5) is 25.8. The number of carbonyl (C=O) groups excluding carboxylic acids is 2. The number of halogens is 1. The van der Waals surface area contributed by atoms with Gasteiger partial charge in [-0.1, -0.05) is 113 Å². The first-order valence-electron chi connectivity index (χ1n) is 15.1. The fraction of sp³-hybridized carbons (Fsp3) is 0.500. The fourth-order valence-corrected chi connectivity index (χ4v) is 5.72. The molecular weight excluding hydrogens is 596 g/mol. The van der Waals surface area contributed by atoms with Crippen molar-refractivity contribution >= 4 is 28.7 Å². The summed E-state index contributed by atoms with van der Waals surface area (Å²) < 4.78 is 8.29. The van der Waals surface area contributed by atoms with Crippen molar-refractivity contribution in [2.45, 2.75) is 104 Å². The number of unbranched alkanes of at least 4 members (excludes halogenated alkanes) is 11. The van der Waals surface area contributed by atoms with Gasteiger partial charge in [0.05, 0.1) is 28.8 Å². The zero-order valence-electron chi connectivity index (χ0n) is 25.1. The Kier molecular flexibility index (Phi) is 16.6. The highest BCUT2D eigenvalue weighted by Gasteiger charge is 2.20. The molecule has 0 saturated carbocycles. The van der Waals surface area contributed by atoms with Crippen molar-refractivity contribution in [3.05, 3.63) is 75.7 Å². The number of nitrogens with one attached hydrogen (secondary N) is 1. The molecule has 0 aliphatic carbocycles. The molecule has 0 unspecified atom stereocenters. The van der Waals surface area contributed by atoms with E-state index in [4.69, 9.17) is 4.74 Å². The number of amides is 1. The fourth-order valence-electron chi connectivity index (χ4n) is 4.93. The number of aromatic nitrogens is 1. The molecule has 7 heteroatoms. The number of aryl methyl sites for hydroxylation is 1. The standard InChI is InChI=1S/C34H46N2O3S.BrH/c1-4-5-6-7-8-9-10-11-12-13-14-17-23-39-33-30(28(3)37)20-18-21-31(33)34(38)35-32-22-16-15-19-29(32)24-36-26-40-25-27(36)2;/h15-16,18-22,25-26H,4-14,17,23-24H2,1-3H3;1H. The van der Waals surface area contributed by atoms with Gasteiger partial charge in [0.25, 0.3) is 5.91 Å². The molecular formula is C34H47BrN2O3S. The van der Waals surface area contributed by atoms with Gasteiger partial charge >= 0.3 is 0 Å². The van der Waals surface area contributed by atoms with E-state index in [1.165, 1.54) is 76.8 Å². The van der Waals surface area contributed by atoms with Gasteiger partial charge in [0, 0.05) is 12.5 Å². The molecule has 0 aliphatic heterocycles. The maximum absolute atomic E-state index is 13.5. The van der Waals surface area contributed by atoms with Crippen LogP contribution < -0.4 is 31.6 Å². The Balaban J connectivity index is 0.00000588. The molecule has 0 bridgehead atoms. The van der Waals surface area contributed by atoms with Gasteiger partial charge in [-0.15, -0.1) is 0 Å². The monoisotopic (exact) mass is 642 g/mol. The van der Waals surface area contributed by atoms with Crippen molar-refractivity contribution in [3.8, 4) is 5.75 Å². The summed E-state index contributed by atoms with van der Waals surface area (Å²) in [6.07, 6.45) is 15.3. The zero-order chi connectivity index (χ0) is 28.6. The average molecular weight is 644 g/mol. The summed E-state index contributed by atoms with van der Waals surface area (Å²) in [5.74, 6) is 0.00692. The molecule has 2 aromatic carbocycles. The van der Waals surface area contributed by atoms with E-state index in [0.717, 1.165) is 24.1 Å². The van der Waals surface area contributed by atoms with Gasteiger partial charge in [-0.3, -0.25) is 9.59 Å². The third-order valence-electron chi connectivity index (χ3n) is 7.37. The zero-order valence-corrected chi connectivity index (χ0v) is 27.5. The number of para-hydroxylation sites is 2. The molecule has 41 heavy (non-hydrogen) atoms. The van der Waals surface area contributed by atoms with Crippen LogP contribution in [0.25, 0.3) is 0 Å². The number of benzene rings is 2. The number of ether oxygens (including phenoxy) is 1. The van der Waals surface area contributed by atoms with Crippen molar-refractivity contribution in [3.63, 3.8) is 0 Å². The number of rotatable bonds is 19. The lowest BCUT2D eigenvalue weighted by Gasteiger charge is -2.15. The number of hydrogen-bond acceptors (Lipinski definition) is 4. The third kappa shape index (κ3) is 11.7. The molecule has 0 radical (unpaired) electrons. The molecule has 0 aliphatic rings. The quantitative estimate of drug-likeness (QED) is 0.100. The molecule has 5 nitrogen and oxygen atoms in total. The molecule has 0 saturated heterocycles. The van der Waals surface area contributed by atoms with Gasteiger partial charge in [0.2, 0.25) is 5.51 Å². The second-order valence-corrected chi connectivity index (χ2v) is 11.4. The van der Waals surface area contributed by atoms with Crippen molar-refractivity contribution in [1.82, 2.24) is 0 Å². The Labute approximate surface area is 261 Å². The number of Topliss-reactive ketones (excluding diaryl/α,β-unsaturated/α-hetero) is 1. The molecule has 1 heterocycles. The number of hydrogen-bond donors (Lipinski definition) is 1. The minimum absolute atomic E-state index is 0. The van der Waals surface area contributed by atoms with Crippen molar-refractivity contribution in [2.75, 3.05) is 11.9 Å². The largest absolute Gasteiger partial charge is 1.00 e. The first-order valence-corrected chi connectivity index (χ1v) is 16.0. The lowest BCUT2D eigenvalue weighted by atomic mass is 10.0. The van der Waals surface area contributed by atoms with Gasteiger partial charge in [0.15, 0.2) is 18.0 Å². The van der Waals surface area contributed by atoms with Gasteiger partial charge in [0.1, 0.15) is 5.75 Å². The van der Waals surface area contributed by atoms with Crippen LogP contribution in [0.5, 0.6) is 5.75 Å². The van der Waals surface area contributed by atoms with E-state index in [1.54, 1.807) is 29.5 Å². The van der Waals surface area contributed by atoms with Crippen LogP contribution in [-0.4, -0.2) is 18.3 Å². The number of thiazole rings is 1. The van der Waals surface area contributed by atoms with Crippen LogP contribution in [0, 0.1) is 6.92 Å². The van der Waals surface area contributed by atoms with E-state index < -0.39 is 0 Å². The molecule has 3 aromatic rings. The molecule has 1 N–H and O–H groups in total. The second kappa shape index (κ2) is 19.6. The maximum Gasteiger partial charge on any atom is 0.259 e. The Morgan fingerprint density at radius 2 is 1.44 bits per heavy atom. The molecule has 3 rings (SSSR count). The third-order valence-corrected chi connectivity index (χ3v) is 8.22. The number of carbonyl (C=O) groups is 2. The van der Waals surface area contributed by atoms with Crippen molar-refractivity contribution < 1.29 is 35.9 Å². The summed E-state index contributed by atoms with van der Waals surface area (Å²) in [6.45, 7) is 7.01. The summed E-state index contributed by atoms with van der Waals surface area (Å²) in [5.41, 5.74) is 5.86. The Hall–Kier alpha value is -2.51. The van der Waals surface area contributed by atoms with E-state index in [-0.39, 0.29) is 28.7 Å². The first-order chi connectivity index (χ1) is 19.5. The van der Waals surface area contributed by atoms with Gasteiger partial charge < -0.3 is 27.0 Å². The van der Waals surface area contributed by atoms with Gasteiger partial charge in [-0.05, 0) is 31.5 Å². The highest BCUT2D eigenvalue weighted by molar-refractivity contribution is 7.07. The average Bonchev–Trinajstić information content (AvgIpc) is 3.36. The predicted octanol–water partition coefficient (Wildman–Crippen LogP) is 5.93. The molecule has 0 spiro atoms. The molecule has 224 valence electrons. The number of anilines is 1. The second-order valence-electron chi connectivity index (χ2n) is 10.7. The van der Waals surface area contributed by atoms with Gasteiger partial charge in [-0.25, -0.2) is 0 Å². The number of ketones is 1. The first kappa shape index (κ1) is 34.7. The highest BCUT2D eigenvalue weighted by atomic mass is 79.9. The van der Waals surface area contributed by atoms with Crippen LogP contribution in [0.2, 0.25) is 0 Å². The highest BCUT2D eigenvalue weighted by Crippen LogP contribution is 2.27. The Bertz CT molecular complexity index is 1210. The Morgan fingerprint density at radius 3 is 2.05 bits per heavy atom. The van der Waals surface area contributed by atoms with Gasteiger partial charge in [-0.2, -0.15) is 4.57 Å². The normalized spacial score (nSPS) is 10.7. The number of nitrogens with zero attached hydrogens (tertiary/aromatic N) is 1. The summed E-state index contributed by atoms with van der Waals surface area (Å²) >= 11 is 1.65. The van der Waals surface area contributed by atoms with Crippen LogP contribution in [-0.2, 0) is 6.54 Å². The maximum atomic E-state index is 13.5. The predicted molar refractivity (Wildman–Crippen MR) is 166 cm³/mol. The summed E-state index contributed by atoms with van der Waals surface area (Å²) in [5, 5.41) is 5.18. The van der Waals surface area contributed by atoms with Crippen molar-refractivity contribution in [2.24, 2.45) is 0 Å². The smallest absolute Gasteiger partial charge is 0.259 e. The molecule has 1 aromatic heterocycles. The topological polar surface area (TPSA) is 59.3 Å². The molecule has 0 fully saturated rings. The van der Waals surface area contributed by atoms with E-state index >= 15 is 0 Å². The SMILES string of the molecule is CCCCCCCCCCCCCCOc1c(C(C)=O)cccc1C(=O)Nc1ccccc1C[n+]1cscc1C.[Br-]. The lowest BCUT2D eigenvalue weighted by molar-refractivity contribution is -0.689. The Morgan fingerprint density at radius 1 is 0.829 bits per heavy atom. The minimum Gasteiger partial charge on any atom is -1.00 e. The van der Waals surface area contributed by atoms with E-state index in [9.17, 15) is 9.59 Å². The molecule has 0 atom stereocenters. The summed E-state index contributed by atoms with van der Waals surface area (Å²) in [6, 6.07) is 13.1.